The van der Waals surface area contributed by atoms with Crippen LogP contribution in [0.1, 0.15) is 35.3 Å². The molecule has 0 spiro atoms. The summed E-state index contributed by atoms with van der Waals surface area (Å²) in [5, 5.41) is 10.3. The molecule has 0 fully saturated rings. The third-order valence-electron chi connectivity index (χ3n) is 4.07. The second kappa shape index (κ2) is 4.53. The van der Waals surface area contributed by atoms with Crippen LogP contribution in [0.2, 0.25) is 0 Å². The molecule has 4 rings (SSSR count). The second-order valence-electron chi connectivity index (χ2n) is 5.36. The average Bonchev–Trinajstić information content (AvgIpc) is 2.94. The first-order valence-electron chi connectivity index (χ1n) is 7.00. The van der Waals surface area contributed by atoms with E-state index < -0.39 is 6.10 Å². The lowest BCUT2D eigenvalue weighted by Gasteiger charge is -2.30. The summed E-state index contributed by atoms with van der Waals surface area (Å²) < 4.78 is 11.6. The Hall–Kier alpha value is -2.00. The first-order valence-corrected chi connectivity index (χ1v) is 7.00. The van der Waals surface area contributed by atoms with E-state index in [-0.39, 0.29) is 6.10 Å². The molecule has 20 heavy (non-hydrogen) atoms. The lowest BCUT2D eigenvalue weighted by atomic mass is 9.94. The highest BCUT2D eigenvalue weighted by atomic mass is 16.5. The lowest BCUT2D eigenvalue weighted by Crippen LogP contribution is -2.19. The van der Waals surface area contributed by atoms with E-state index in [9.17, 15) is 5.11 Å². The van der Waals surface area contributed by atoms with Crippen molar-refractivity contribution in [2.24, 2.45) is 0 Å². The number of aliphatic hydroxyl groups excluding tert-OH is 1. The highest BCUT2D eigenvalue weighted by molar-refractivity contribution is 5.43. The largest absolute Gasteiger partial charge is 0.493 e. The maximum absolute atomic E-state index is 10.3. The van der Waals surface area contributed by atoms with Crippen molar-refractivity contribution >= 4 is 0 Å². The topological polar surface area (TPSA) is 38.7 Å². The molecule has 0 amide bonds. The molecule has 0 bridgehead atoms. The molecule has 3 heteroatoms. The molecule has 3 nitrogen and oxygen atoms in total. The van der Waals surface area contributed by atoms with Crippen LogP contribution in [0.15, 0.2) is 42.5 Å². The highest BCUT2D eigenvalue weighted by Crippen LogP contribution is 2.41. The summed E-state index contributed by atoms with van der Waals surface area (Å²) in [4.78, 5) is 0. The summed E-state index contributed by atoms with van der Waals surface area (Å²) in [6.45, 7) is 0.760. The van der Waals surface area contributed by atoms with Gasteiger partial charge >= 0.3 is 0 Å². The number of ether oxygens (including phenoxy) is 2. The number of benzene rings is 2. The quantitative estimate of drug-likeness (QED) is 0.863. The fourth-order valence-corrected chi connectivity index (χ4v) is 3.01. The molecule has 2 heterocycles. The first-order chi connectivity index (χ1) is 9.81. The summed E-state index contributed by atoms with van der Waals surface area (Å²) in [6.07, 6.45) is 0.992. The smallest absolute Gasteiger partial charge is 0.127 e. The number of aliphatic hydroxyl groups is 1. The van der Waals surface area contributed by atoms with Crippen molar-refractivity contribution in [3.05, 3.63) is 59.2 Å². The van der Waals surface area contributed by atoms with Gasteiger partial charge in [0.15, 0.2) is 0 Å². The normalized spacial score (nSPS) is 23.4. The van der Waals surface area contributed by atoms with Crippen LogP contribution in [0.25, 0.3) is 0 Å². The Kier molecular flexibility index (Phi) is 2.67. The van der Waals surface area contributed by atoms with E-state index in [1.54, 1.807) is 0 Å². The van der Waals surface area contributed by atoms with Crippen LogP contribution < -0.4 is 9.47 Å². The lowest BCUT2D eigenvalue weighted by molar-refractivity contribution is 0.0657. The first kappa shape index (κ1) is 11.8. The van der Waals surface area contributed by atoms with Crippen molar-refractivity contribution < 1.29 is 14.6 Å². The zero-order valence-electron chi connectivity index (χ0n) is 11.1. The summed E-state index contributed by atoms with van der Waals surface area (Å²) in [6, 6.07) is 13.9. The minimum atomic E-state index is -0.463. The monoisotopic (exact) mass is 268 g/mol. The fraction of sp³-hybridized carbons (Fsp3) is 0.294. The number of hydrogen-bond acceptors (Lipinski definition) is 3. The predicted molar refractivity (Wildman–Crippen MR) is 75.0 cm³/mol. The van der Waals surface area contributed by atoms with Crippen LogP contribution in [0.3, 0.4) is 0 Å². The third kappa shape index (κ3) is 1.86. The number of fused-ring (bicyclic) bond motifs is 2. The van der Waals surface area contributed by atoms with Crippen LogP contribution in [-0.2, 0) is 6.42 Å². The van der Waals surface area contributed by atoms with Crippen LogP contribution in [0, 0.1) is 0 Å². The standard InChI is InChI=1S/C17H16O3/c18-14-10-17(20-16-4-2-1-3-13(14)16)11-5-6-15-12(9-11)7-8-19-15/h1-6,9,14,17-18H,7-8,10H2/t14-,17?/m0/s1. The van der Waals surface area contributed by atoms with Gasteiger partial charge in [0.2, 0.25) is 0 Å². The summed E-state index contributed by atoms with van der Waals surface area (Å²) in [7, 11) is 0. The van der Waals surface area contributed by atoms with E-state index >= 15 is 0 Å². The molecule has 2 aromatic carbocycles. The second-order valence-corrected chi connectivity index (χ2v) is 5.36. The van der Waals surface area contributed by atoms with E-state index in [4.69, 9.17) is 9.47 Å². The minimum Gasteiger partial charge on any atom is -0.493 e. The van der Waals surface area contributed by atoms with Crippen molar-refractivity contribution in [1.82, 2.24) is 0 Å². The van der Waals surface area contributed by atoms with Gasteiger partial charge in [-0.15, -0.1) is 0 Å². The molecule has 0 aliphatic carbocycles. The number of para-hydroxylation sites is 1. The van der Waals surface area contributed by atoms with Gasteiger partial charge in [-0.1, -0.05) is 24.3 Å². The molecule has 1 N–H and O–H groups in total. The van der Waals surface area contributed by atoms with Crippen LogP contribution >= 0.6 is 0 Å². The van der Waals surface area contributed by atoms with Gasteiger partial charge in [0.25, 0.3) is 0 Å². The molecule has 2 aliphatic rings. The Bertz CT molecular complexity index is 650. The van der Waals surface area contributed by atoms with Crippen LogP contribution in [-0.4, -0.2) is 11.7 Å². The third-order valence-corrected chi connectivity index (χ3v) is 4.07. The highest BCUT2D eigenvalue weighted by Gasteiger charge is 2.28. The Morgan fingerprint density at radius 3 is 2.90 bits per heavy atom. The fourth-order valence-electron chi connectivity index (χ4n) is 3.01. The van der Waals surface area contributed by atoms with Gasteiger partial charge < -0.3 is 14.6 Å². The number of rotatable bonds is 1. The van der Waals surface area contributed by atoms with Crippen LogP contribution in [0.4, 0.5) is 0 Å². The molecular formula is C17H16O3. The van der Waals surface area contributed by atoms with Gasteiger partial charge in [-0.2, -0.15) is 0 Å². The summed E-state index contributed by atoms with van der Waals surface area (Å²) in [5.41, 5.74) is 3.23. The number of hydrogen-bond donors (Lipinski definition) is 1. The molecular weight excluding hydrogens is 252 g/mol. The summed E-state index contributed by atoms with van der Waals surface area (Å²) in [5.74, 6) is 1.76. The van der Waals surface area contributed by atoms with E-state index in [0.717, 1.165) is 35.7 Å². The maximum Gasteiger partial charge on any atom is 0.127 e. The molecule has 0 radical (unpaired) electrons. The zero-order chi connectivity index (χ0) is 13.5. The van der Waals surface area contributed by atoms with Gasteiger partial charge in [-0.3, -0.25) is 0 Å². The molecule has 1 unspecified atom stereocenters. The SMILES string of the molecule is O[C@H]1CC(c2ccc3c(c2)CCO3)Oc2ccccc21. The minimum absolute atomic E-state index is 0.0919. The molecule has 102 valence electrons. The van der Waals surface area contributed by atoms with Gasteiger partial charge in [0.1, 0.15) is 17.6 Å². The van der Waals surface area contributed by atoms with Gasteiger partial charge in [0, 0.05) is 18.4 Å². The Morgan fingerprint density at radius 1 is 1.05 bits per heavy atom. The van der Waals surface area contributed by atoms with Gasteiger partial charge in [-0.25, -0.2) is 0 Å². The van der Waals surface area contributed by atoms with E-state index in [0.29, 0.717) is 6.42 Å². The van der Waals surface area contributed by atoms with Crippen molar-refractivity contribution in [3.63, 3.8) is 0 Å². The Morgan fingerprint density at radius 2 is 1.95 bits per heavy atom. The Balaban J connectivity index is 1.68. The Labute approximate surface area is 117 Å². The van der Waals surface area contributed by atoms with Gasteiger partial charge in [-0.05, 0) is 29.3 Å². The van der Waals surface area contributed by atoms with E-state index in [1.165, 1.54) is 5.56 Å². The van der Waals surface area contributed by atoms with E-state index in [1.807, 2.05) is 36.4 Å². The summed E-state index contributed by atoms with van der Waals surface area (Å²) >= 11 is 0. The molecule has 2 atom stereocenters. The van der Waals surface area contributed by atoms with Crippen LogP contribution in [0.5, 0.6) is 11.5 Å². The molecule has 0 saturated carbocycles. The zero-order valence-corrected chi connectivity index (χ0v) is 11.1. The maximum atomic E-state index is 10.3. The molecule has 0 saturated heterocycles. The van der Waals surface area contributed by atoms with Gasteiger partial charge in [0.05, 0.1) is 12.7 Å². The van der Waals surface area contributed by atoms with Crippen molar-refractivity contribution in [3.8, 4) is 11.5 Å². The predicted octanol–water partition coefficient (Wildman–Crippen LogP) is 3.18. The molecule has 0 aromatic heterocycles. The average molecular weight is 268 g/mol. The van der Waals surface area contributed by atoms with Crippen molar-refractivity contribution in [2.75, 3.05) is 6.61 Å². The van der Waals surface area contributed by atoms with E-state index in [2.05, 4.69) is 6.07 Å². The molecule has 2 aliphatic heterocycles. The van der Waals surface area contributed by atoms with Crippen molar-refractivity contribution in [1.29, 1.82) is 0 Å². The van der Waals surface area contributed by atoms with Crippen molar-refractivity contribution in [2.45, 2.75) is 25.0 Å². The molecule has 2 aromatic rings.